The molecule has 1 heterocycles. The molecule has 0 atom stereocenters. The van der Waals surface area contributed by atoms with Crippen molar-refractivity contribution >= 4 is 21.8 Å². The first-order valence-electron chi connectivity index (χ1n) is 8.35. The Bertz CT molecular complexity index is 919. The van der Waals surface area contributed by atoms with E-state index in [2.05, 4.69) is 0 Å². The molecule has 0 bridgehead atoms. The molecule has 0 fully saturated rings. The van der Waals surface area contributed by atoms with Crippen LogP contribution in [0.2, 0.25) is 5.02 Å². The molecule has 0 saturated heterocycles. The summed E-state index contributed by atoms with van der Waals surface area (Å²) in [5, 5.41) is 0.191. The molecule has 9 heteroatoms. The molecule has 27 heavy (non-hydrogen) atoms. The zero-order chi connectivity index (χ0) is 19.6. The molecule has 1 aliphatic rings. The zero-order valence-corrected chi connectivity index (χ0v) is 16.6. The quantitative estimate of drug-likeness (QED) is 0.696. The molecule has 0 aliphatic carbocycles. The molecule has 1 aliphatic heterocycles. The van der Waals surface area contributed by atoms with Crippen LogP contribution in [-0.4, -0.2) is 37.4 Å². The van der Waals surface area contributed by atoms with Gasteiger partial charge in [0.15, 0.2) is 11.5 Å². The minimum atomic E-state index is -3.83. The lowest BCUT2D eigenvalue weighted by Gasteiger charge is -2.27. The highest BCUT2D eigenvalue weighted by Crippen LogP contribution is 2.33. The summed E-state index contributed by atoms with van der Waals surface area (Å²) in [4.78, 5) is 0. The van der Waals surface area contributed by atoms with E-state index in [4.69, 9.17) is 21.1 Å². The highest BCUT2D eigenvalue weighted by atomic mass is 35.5. The van der Waals surface area contributed by atoms with Crippen molar-refractivity contribution in [1.82, 2.24) is 8.61 Å². The van der Waals surface area contributed by atoms with E-state index >= 15 is 0 Å². The molecule has 2 aromatic carbocycles. The van der Waals surface area contributed by atoms with Crippen molar-refractivity contribution in [2.45, 2.75) is 20.0 Å². The van der Waals surface area contributed by atoms with Gasteiger partial charge in [-0.05, 0) is 29.8 Å². The van der Waals surface area contributed by atoms with Gasteiger partial charge in [0.25, 0.3) is 10.2 Å². The number of ether oxygens (including phenoxy) is 2. The summed E-state index contributed by atoms with van der Waals surface area (Å²) in [5.41, 5.74) is 0.909. The van der Waals surface area contributed by atoms with Crippen molar-refractivity contribution < 1.29 is 22.3 Å². The summed E-state index contributed by atoms with van der Waals surface area (Å²) in [6, 6.07) is 9.57. The highest BCUT2D eigenvalue weighted by molar-refractivity contribution is 7.86. The number of nitrogens with zero attached hydrogens (tertiary/aromatic N) is 2. The van der Waals surface area contributed by atoms with Gasteiger partial charge in [0.05, 0.1) is 0 Å². The average molecular weight is 415 g/mol. The van der Waals surface area contributed by atoms with Gasteiger partial charge in [-0.25, -0.2) is 4.39 Å². The number of halogens is 2. The molecule has 2 aromatic rings. The van der Waals surface area contributed by atoms with E-state index < -0.39 is 16.0 Å². The number of rotatable bonds is 7. The predicted molar refractivity (Wildman–Crippen MR) is 100 cm³/mol. The molecular formula is C18H20ClFN2O4S. The van der Waals surface area contributed by atoms with E-state index in [1.807, 2.05) is 0 Å². The zero-order valence-electron chi connectivity index (χ0n) is 15.0. The van der Waals surface area contributed by atoms with Gasteiger partial charge in [0.1, 0.15) is 5.82 Å². The van der Waals surface area contributed by atoms with Gasteiger partial charge in [0, 0.05) is 37.3 Å². The Morgan fingerprint density at radius 1 is 1.15 bits per heavy atom. The molecule has 0 radical (unpaired) electrons. The fraction of sp³-hybridized carbons (Fsp3) is 0.333. The van der Waals surface area contributed by atoms with Gasteiger partial charge in [-0.1, -0.05) is 30.7 Å². The first kappa shape index (κ1) is 19.9. The van der Waals surface area contributed by atoms with Gasteiger partial charge in [-0.2, -0.15) is 17.0 Å². The number of benzene rings is 2. The lowest BCUT2D eigenvalue weighted by molar-refractivity contribution is 0.174. The Morgan fingerprint density at radius 3 is 2.59 bits per heavy atom. The molecule has 0 unspecified atom stereocenters. The molecule has 0 saturated carbocycles. The molecule has 0 N–H and O–H groups in total. The first-order valence-corrected chi connectivity index (χ1v) is 10.1. The smallest absolute Gasteiger partial charge is 0.282 e. The summed E-state index contributed by atoms with van der Waals surface area (Å²) < 4.78 is 52.9. The fourth-order valence-corrected chi connectivity index (χ4v) is 4.33. The lowest BCUT2D eigenvalue weighted by atomic mass is 10.2. The predicted octanol–water partition coefficient (Wildman–Crippen LogP) is 3.41. The first-order chi connectivity index (χ1) is 12.8. The van der Waals surface area contributed by atoms with Crippen LogP contribution >= 0.6 is 11.6 Å². The average Bonchev–Trinajstić information content (AvgIpc) is 3.10. The van der Waals surface area contributed by atoms with Crippen LogP contribution in [0.25, 0.3) is 0 Å². The van der Waals surface area contributed by atoms with Crippen LogP contribution in [0, 0.1) is 5.82 Å². The third-order valence-corrected chi connectivity index (χ3v) is 6.62. The van der Waals surface area contributed by atoms with Crippen molar-refractivity contribution in [2.75, 3.05) is 20.4 Å². The normalized spacial score (nSPS) is 13.6. The minimum Gasteiger partial charge on any atom is -0.454 e. The molecule has 6 nitrogen and oxygen atoms in total. The SMILES string of the molecule is CCN(Cc1ccc2c(c1)OCO2)S(=O)(=O)N(C)Cc1c(F)cccc1Cl. The topological polar surface area (TPSA) is 59.1 Å². The standard InChI is InChI=1S/C18H20ClFN2O4S/c1-3-22(10-13-7-8-17-18(9-13)26-12-25-17)27(23,24)21(2)11-14-15(19)5-4-6-16(14)20/h4-9H,3,10-12H2,1-2H3. The van der Waals surface area contributed by atoms with Crippen molar-refractivity contribution in [1.29, 1.82) is 0 Å². The van der Waals surface area contributed by atoms with Crippen molar-refractivity contribution in [3.63, 3.8) is 0 Å². The third-order valence-electron chi connectivity index (χ3n) is 4.31. The Hall–Kier alpha value is -1.87. The molecule has 0 aromatic heterocycles. The molecular weight excluding hydrogens is 395 g/mol. The second kappa shape index (κ2) is 8.02. The van der Waals surface area contributed by atoms with Crippen LogP contribution in [-0.2, 0) is 23.3 Å². The molecule has 3 rings (SSSR count). The van der Waals surface area contributed by atoms with E-state index in [0.717, 1.165) is 9.87 Å². The number of hydrogen-bond acceptors (Lipinski definition) is 4. The lowest BCUT2D eigenvalue weighted by Crippen LogP contribution is -2.41. The number of fused-ring (bicyclic) bond motifs is 1. The van der Waals surface area contributed by atoms with E-state index in [-0.39, 0.29) is 37.0 Å². The van der Waals surface area contributed by atoms with Gasteiger partial charge < -0.3 is 9.47 Å². The van der Waals surface area contributed by atoms with Crippen LogP contribution in [0.3, 0.4) is 0 Å². The van der Waals surface area contributed by atoms with Gasteiger partial charge in [-0.3, -0.25) is 0 Å². The fourth-order valence-electron chi connectivity index (χ4n) is 2.78. The van der Waals surface area contributed by atoms with E-state index in [0.29, 0.717) is 11.5 Å². The third kappa shape index (κ3) is 4.19. The maximum atomic E-state index is 14.0. The molecule has 0 spiro atoms. The Morgan fingerprint density at radius 2 is 1.89 bits per heavy atom. The largest absolute Gasteiger partial charge is 0.454 e. The van der Waals surface area contributed by atoms with Gasteiger partial charge >= 0.3 is 0 Å². The van der Waals surface area contributed by atoms with Gasteiger partial charge in [0.2, 0.25) is 6.79 Å². The summed E-state index contributed by atoms with van der Waals surface area (Å²) in [6.07, 6.45) is 0. The van der Waals surface area contributed by atoms with Crippen LogP contribution in [0.5, 0.6) is 11.5 Å². The van der Waals surface area contributed by atoms with Crippen molar-refractivity contribution in [3.8, 4) is 11.5 Å². The van der Waals surface area contributed by atoms with Crippen molar-refractivity contribution in [3.05, 3.63) is 58.4 Å². The van der Waals surface area contributed by atoms with E-state index in [1.165, 1.54) is 29.6 Å². The van der Waals surface area contributed by atoms with Gasteiger partial charge in [-0.15, -0.1) is 0 Å². The van der Waals surface area contributed by atoms with Crippen LogP contribution in [0.4, 0.5) is 4.39 Å². The van der Waals surface area contributed by atoms with Crippen LogP contribution < -0.4 is 9.47 Å². The summed E-state index contributed by atoms with van der Waals surface area (Å²) >= 11 is 6.02. The maximum Gasteiger partial charge on any atom is 0.282 e. The Labute approximate surface area is 163 Å². The molecule has 146 valence electrons. The van der Waals surface area contributed by atoms with E-state index in [9.17, 15) is 12.8 Å². The molecule has 0 amide bonds. The summed E-state index contributed by atoms with van der Waals surface area (Å²) in [5.74, 6) is 0.687. The Balaban J connectivity index is 1.78. The minimum absolute atomic E-state index is 0.143. The van der Waals surface area contributed by atoms with E-state index in [1.54, 1.807) is 25.1 Å². The monoisotopic (exact) mass is 414 g/mol. The van der Waals surface area contributed by atoms with Crippen molar-refractivity contribution in [2.24, 2.45) is 0 Å². The maximum absolute atomic E-state index is 14.0. The highest BCUT2D eigenvalue weighted by Gasteiger charge is 2.28. The summed E-state index contributed by atoms with van der Waals surface area (Å²) in [7, 11) is -2.42. The second-order valence-electron chi connectivity index (χ2n) is 6.08. The number of hydrogen-bond donors (Lipinski definition) is 0. The Kier molecular flexibility index (Phi) is 5.90. The summed E-state index contributed by atoms with van der Waals surface area (Å²) in [6.45, 7) is 2.15. The van der Waals surface area contributed by atoms with Crippen LogP contribution in [0.1, 0.15) is 18.1 Å². The van der Waals surface area contributed by atoms with Crippen LogP contribution in [0.15, 0.2) is 36.4 Å². The second-order valence-corrected chi connectivity index (χ2v) is 8.52.